The summed E-state index contributed by atoms with van der Waals surface area (Å²) in [5.41, 5.74) is 1.25. The van der Waals surface area contributed by atoms with Gasteiger partial charge in [-0.2, -0.15) is 0 Å². The van der Waals surface area contributed by atoms with E-state index in [1.807, 2.05) is 30.1 Å². The lowest BCUT2D eigenvalue weighted by Gasteiger charge is -2.17. The van der Waals surface area contributed by atoms with Gasteiger partial charge in [-0.25, -0.2) is 8.78 Å². The van der Waals surface area contributed by atoms with Crippen molar-refractivity contribution in [3.8, 4) is 11.5 Å². The minimum Gasteiger partial charge on any atom is -0.493 e. The van der Waals surface area contributed by atoms with Crippen LogP contribution in [0.5, 0.6) is 11.5 Å². The first-order valence-electron chi connectivity index (χ1n) is 8.07. The van der Waals surface area contributed by atoms with Gasteiger partial charge in [0.05, 0.1) is 14.2 Å². The van der Waals surface area contributed by atoms with Gasteiger partial charge >= 0.3 is 0 Å². The zero-order chi connectivity index (χ0) is 19.1. The Balaban J connectivity index is 1.85. The summed E-state index contributed by atoms with van der Waals surface area (Å²) < 4.78 is 36.5. The summed E-state index contributed by atoms with van der Waals surface area (Å²) in [6.45, 7) is 1.13. The number of methoxy groups -OCH3 is 2. The van der Waals surface area contributed by atoms with Crippen LogP contribution >= 0.6 is 0 Å². The van der Waals surface area contributed by atoms with Crippen LogP contribution in [0.25, 0.3) is 0 Å². The van der Waals surface area contributed by atoms with E-state index in [1.54, 1.807) is 14.2 Å². The Bertz CT molecular complexity index is 768. The minimum absolute atomic E-state index is 0.225. The Morgan fingerprint density at radius 1 is 1.04 bits per heavy atom. The first-order valence-corrected chi connectivity index (χ1v) is 8.07. The zero-order valence-corrected chi connectivity index (χ0v) is 15.0. The van der Waals surface area contributed by atoms with E-state index in [2.05, 4.69) is 5.32 Å². The lowest BCUT2D eigenvalue weighted by atomic mass is 10.2. The molecule has 0 atom stereocenters. The molecule has 1 N–H and O–H groups in total. The van der Waals surface area contributed by atoms with E-state index in [4.69, 9.17) is 9.47 Å². The summed E-state index contributed by atoms with van der Waals surface area (Å²) in [6.07, 6.45) is 0.225. The monoisotopic (exact) mass is 364 g/mol. The Morgan fingerprint density at radius 2 is 1.77 bits per heavy atom. The second kappa shape index (κ2) is 9.15. The van der Waals surface area contributed by atoms with Gasteiger partial charge in [-0.05, 0) is 36.9 Å². The second-order valence-electron chi connectivity index (χ2n) is 5.85. The lowest BCUT2D eigenvalue weighted by Crippen LogP contribution is -2.24. The van der Waals surface area contributed by atoms with Crippen molar-refractivity contribution in [1.82, 2.24) is 4.90 Å². The Hall–Kier alpha value is -2.67. The van der Waals surface area contributed by atoms with Crippen LogP contribution in [0.2, 0.25) is 0 Å². The summed E-state index contributed by atoms with van der Waals surface area (Å²) in [6, 6.07) is 8.91. The molecule has 0 spiro atoms. The molecule has 0 aromatic heterocycles. The zero-order valence-electron chi connectivity index (χ0n) is 15.0. The molecule has 0 unspecified atom stereocenters. The van der Waals surface area contributed by atoms with E-state index in [9.17, 15) is 13.6 Å². The van der Waals surface area contributed by atoms with Crippen LogP contribution in [-0.2, 0) is 11.3 Å². The van der Waals surface area contributed by atoms with E-state index >= 15 is 0 Å². The van der Waals surface area contributed by atoms with Crippen molar-refractivity contribution in [3.05, 3.63) is 53.6 Å². The standard InChI is InChI=1S/C19H22F2N2O3/c1-23(12-13-4-7-17(25-2)18(10-13)26-3)9-8-19(24)22-14-5-6-15(20)16(21)11-14/h4-7,10-11H,8-9,12H2,1-3H3,(H,22,24). The molecule has 0 radical (unpaired) electrons. The Morgan fingerprint density at radius 3 is 2.42 bits per heavy atom. The number of carbonyl (C=O) groups is 1. The van der Waals surface area contributed by atoms with Gasteiger partial charge in [-0.15, -0.1) is 0 Å². The molecule has 2 rings (SSSR count). The van der Waals surface area contributed by atoms with Gasteiger partial charge in [-0.3, -0.25) is 4.79 Å². The average Bonchev–Trinajstić information content (AvgIpc) is 2.63. The highest BCUT2D eigenvalue weighted by molar-refractivity contribution is 5.90. The molecule has 0 bridgehead atoms. The van der Waals surface area contributed by atoms with Gasteiger partial charge in [0.1, 0.15) is 0 Å². The summed E-state index contributed by atoms with van der Waals surface area (Å²) >= 11 is 0. The molecule has 7 heteroatoms. The van der Waals surface area contributed by atoms with Crippen LogP contribution in [0.1, 0.15) is 12.0 Å². The molecule has 5 nitrogen and oxygen atoms in total. The molecular formula is C19H22F2N2O3. The molecule has 140 valence electrons. The summed E-state index contributed by atoms with van der Waals surface area (Å²) in [7, 11) is 5.05. The van der Waals surface area contributed by atoms with Crippen LogP contribution in [-0.4, -0.2) is 38.6 Å². The predicted molar refractivity (Wildman–Crippen MR) is 95.5 cm³/mol. The van der Waals surface area contributed by atoms with Crippen LogP contribution in [0, 0.1) is 11.6 Å². The highest BCUT2D eigenvalue weighted by atomic mass is 19.2. The van der Waals surface area contributed by atoms with Crippen molar-refractivity contribution in [1.29, 1.82) is 0 Å². The Kier molecular flexibility index (Phi) is 6.91. The van der Waals surface area contributed by atoms with E-state index in [1.165, 1.54) is 6.07 Å². The quantitative estimate of drug-likeness (QED) is 0.780. The SMILES string of the molecule is COc1ccc(CN(C)CCC(=O)Nc2ccc(F)c(F)c2)cc1OC. The first-order chi connectivity index (χ1) is 12.4. The van der Waals surface area contributed by atoms with Crippen molar-refractivity contribution in [2.75, 3.05) is 33.1 Å². The number of nitrogens with one attached hydrogen (secondary N) is 1. The maximum absolute atomic E-state index is 13.1. The molecule has 0 heterocycles. The summed E-state index contributed by atoms with van der Waals surface area (Å²) in [5, 5.41) is 2.55. The van der Waals surface area contributed by atoms with E-state index in [0.717, 1.165) is 17.7 Å². The van der Waals surface area contributed by atoms with Crippen molar-refractivity contribution in [2.24, 2.45) is 0 Å². The maximum atomic E-state index is 13.1. The number of halogens is 2. The molecule has 1 amide bonds. The molecule has 2 aromatic rings. The third-order valence-corrected chi connectivity index (χ3v) is 3.82. The highest BCUT2D eigenvalue weighted by Crippen LogP contribution is 2.27. The molecule has 0 aliphatic carbocycles. The normalized spacial score (nSPS) is 10.7. The number of benzene rings is 2. The molecular weight excluding hydrogens is 342 g/mol. The summed E-state index contributed by atoms with van der Waals surface area (Å²) in [4.78, 5) is 13.9. The molecule has 0 aliphatic heterocycles. The van der Waals surface area contributed by atoms with Crippen molar-refractivity contribution >= 4 is 11.6 Å². The minimum atomic E-state index is -0.992. The van der Waals surface area contributed by atoms with Crippen LogP contribution in [0.3, 0.4) is 0 Å². The fourth-order valence-electron chi connectivity index (χ4n) is 2.46. The number of anilines is 1. The highest BCUT2D eigenvalue weighted by Gasteiger charge is 2.10. The van der Waals surface area contributed by atoms with Gasteiger partial charge in [0.15, 0.2) is 23.1 Å². The van der Waals surface area contributed by atoms with Crippen molar-refractivity contribution in [3.63, 3.8) is 0 Å². The van der Waals surface area contributed by atoms with Gasteiger partial charge in [0.25, 0.3) is 0 Å². The fraction of sp³-hybridized carbons (Fsp3) is 0.316. The third kappa shape index (κ3) is 5.42. The van der Waals surface area contributed by atoms with Crippen molar-refractivity contribution in [2.45, 2.75) is 13.0 Å². The van der Waals surface area contributed by atoms with E-state index < -0.39 is 11.6 Å². The molecule has 0 fully saturated rings. The number of amides is 1. The first kappa shape index (κ1) is 19.7. The maximum Gasteiger partial charge on any atom is 0.225 e. The molecule has 0 aliphatic rings. The Labute approximate surface area is 151 Å². The number of hydrogen-bond acceptors (Lipinski definition) is 4. The van der Waals surface area contributed by atoms with Crippen molar-refractivity contribution < 1.29 is 23.0 Å². The lowest BCUT2D eigenvalue weighted by molar-refractivity contribution is -0.116. The molecule has 26 heavy (non-hydrogen) atoms. The number of carbonyl (C=O) groups excluding carboxylic acids is 1. The van der Waals surface area contributed by atoms with E-state index in [0.29, 0.717) is 24.6 Å². The third-order valence-electron chi connectivity index (χ3n) is 3.82. The van der Waals surface area contributed by atoms with Gasteiger partial charge in [-0.1, -0.05) is 6.07 Å². The smallest absolute Gasteiger partial charge is 0.225 e. The largest absolute Gasteiger partial charge is 0.493 e. The van der Waals surface area contributed by atoms with Crippen LogP contribution in [0.15, 0.2) is 36.4 Å². The number of hydrogen-bond donors (Lipinski definition) is 1. The van der Waals surface area contributed by atoms with Gasteiger partial charge in [0, 0.05) is 31.3 Å². The summed E-state index contributed by atoms with van der Waals surface area (Å²) in [5.74, 6) is -0.902. The van der Waals surface area contributed by atoms with Gasteiger partial charge < -0.3 is 19.7 Å². The topological polar surface area (TPSA) is 50.8 Å². The predicted octanol–water partition coefficient (Wildman–Crippen LogP) is 3.44. The van der Waals surface area contributed by atoms with Gasteiger partial charge in [0.2, 0.25) is 5.91 Å². The fourth-order valence-corrected chi connectivity index (χ4v) is 2.46. The number of rotatable bonds is 8. The second-order valence-corrected chi connectivity index (χ2v) is 5.85. The molecule has 0 saturated heterocycles. The van der Waals surface area contributed by atoms with E-state index in [-0.39, 0.29) is 18.0 Å². The number of ether oxygens (including phenoxy) is 2. The average molecular weight is 364 g/mol. The molecule has 0 saturated carbocycles. The van der Waals surface area contributed by atoms with Crippen LogP contribution in [0.4, 0.5) is 14.5 Å². The van der Waals surface area contributed by atoms with Crippen LogP contribution < -0.4 is 14.8 Å². The number of nitrogens with zero attached hydrogens (tertiary/aromatic N) is 1. The molecule has 2 aromatic carbocycles.